The van der Waals surface area contributed by atoms with Gasteiger partial charge in [0.1, 0.15) is 11.6 Å². The van der Waals surface area contributed by atoms with E-state index in [0.717, 1.165) is 32.0 Å². The van der Waals surface area contributed by atoms with Gasteiger partial charge in [0.2, 0.25) is 0 Å². The van der Waals surface area contributed by atoms with Crippen LogP contribution in [0.5, 0.6) is 5.75 Å². The molecule has 4 nitrogen and oxygen atoms in total. The van der Waals surface area contributed by atoms with E-state index in [9.17, 15) is 0 Å². The molecule has 2 N–H and O–H groups in total. The van der Waals surface area contributed by atoms with Crippen LogP contribution in [0.25, 0.3) is 0 Å². The molecule has 2 heterocycles. The van der Waals surface area contributed by atoms with E-state index in [2.05, 4.69) is 16.9 Å². The van der Waals surface area contributed by atoms with Crippen molar-refractivity contribution >= 4 is 5.82 Å². The van der Waals surface area contributed by atoms with Gasteiger partial charge in [-0.1, -0.05) is 0 Å². The fourth-order valence-electron chi connectivity index (χ4n) is 1.62. The number of hydrogen-bond donors (Lipinski definition) is 2. The number of pyridine rings is 1. The highest BCUT2D eigenvalue weighted by atomic mass is 16.3. The van der Waals surface area contributed by atoms with Crippen molar-refractivity contribution in [3.63, 3.8) is 0 Å². The molecule has 14 heavy (non-hydrogen) atoms. The molecule has 1 aliphatic rings. The van der Waals surface area contributed by atoms with E-state index in [0.29, 0.717) is 0 Å². The molecule has 4 heteroatoms. The summed E-state index contributed by atoms with van der Waals surface area (Å²) in [6.45, 7) is 4.05. The normalized spacial score (nSPS) is 18.5. The third-order valence-electron chi connectivity index (χ3n) is 2.53. The lowest BCUT2D eigenvalue weighted by Gasteiger charge is -2.34. The predicted octanol–water partition coefficient (Wildman–Crippen LogP) is -0.716. The third-order valence-corrected chi connectivity index (χ3v) is 2.53. The van der Waals surface area contributed by atoms with Crippen LogP contribution in [-0.2, 0) is 0 Å². The second kappa shape index (κ2) is 3.84. The number of nitrogens with zero attached hydrogens (tertiary/aromatic N) is 2. The lowest BCUT2D eigenvalue weighted by molar-refractivity contribution is -0.854. The van der Waals surface area contributed by atoms with Crippen molar-refractivity contribution in [2.45, 2.75) is 0 Å². The Morgan fingerprint density at radius 2 is 2.07 bits per heavy atom. The Morgan fingerprint density at radius 3 is 2.64 bits per heavy atom. The maximum absolute atomic E-state index is 9.10. The number of rotatable bonds is 1. The van der Waals surface area contributed by atoms with Gasteiger partial charge in [-0.15, -0.1) is 0 Å². The van der Waals surface area contributed by atoms with Crippen LogP contribution in [0, 0.1) is 7.05 Å². The summed E-state index contributed by atoms with van der Waals surface area (Å²) in [5.41, 5.74) is 0. The Bertz CT molecular complexity index is 291. The van der Waals surface area contributed by atoms with Gasteiger partial charge in [0, 0.05) is 0 Å². The summed E-state index contributed by atoms with van der Waals surface area (Å²) in [6, 6.07) is 3.52. The van der Waals surface area contributed by atoms with Crippen molar-refractivity contribution in [3.8, 4) is 5.75 Å². The summed E-state index contributed by atoms with van der Waals surface area (Å²) < 4.78 is 0. The van der Waals surface area contributed by atoms with Gasteiger partial charge in [-0.3, -0.25) is 0 Å². The van der Waals surface area contributed by atoms with Crippen molar-refractivity contribution in [2.75, 3.05) is 31.1 Å². The van der Waals surface area contributed by atoms with Crippen molar-refractivity contribution < 1.29 is 10.0 Å². The molecule has 1 aromatic rings. The highest BCUT2D eigenvalue weighted by molar-refractivity contribution is 5.40. The van der Waals surface area contributed by atoms with E-state index in [1.807, 2.05) is 6.07 Å². The maximum atomic E-state index is 9.10. The van der Waals surface area contributed by atoms with Gasteiger partial charge < -0.3 is 14.9 Å². The van der Waals surface area contributed by atoms with E-state index in [1.165, 1.54) is 11.1 Å². The average molecular weight is 193 g/mol. The van der Waals surface area contributed by atoms with Crippen LogP contribution in [-0.4, -0.2) is 36.3 Å². The SMILES string of the molecule is [CH2-][NH+]1CCN(c2ccc(O)cn2)CC1. The number of anilines is 1. The van der Waals surface area contributed by atoms with Crippen molar-refractivity contribution in [1.82, 2.24) is 4.98 Å². The van der Waals surface area contributed by atoms with Gasteiger partial charge in [0.15, 0.2) is 0 Å². The zero-order chi connectivity index (χ0) is 9.97. The second-order valence-electron chi connectivity index (χ2n) is 3.61. The molecule has 76 valence electrons. The fraction of sp³-hybridized carbons (Fsp3) is 0.400. The first-order valence-corrected chi connectivity index (χ1v) is 4.82. The summed E-state index contributed by atoms with van der Waals surface area (Å²) in [7, 11) is 3.97. The molecule has 0 bridgehead atoms. The Morgan fingerprint density at radius 1 is 1.36 bits per heavy atom. The number of hydrogen-bond acceptors (Lipinski definition) is 3. The highest BCUT2D eigenvalue weighted by Gasteiger charge is 2.14. The van der Waals surface area contributed by atoms with E-state index in [-0.39, 0.29) is 5.75 Å². The van der Waals surface area contributed by atoms with E-state index in [4.69, 9.17) is 5.11 Å². The third kappa shape index (κ3) is 1.96. The van der Waals surface area contributed by atoms with Crippen LogP contribution in [0.2, 0.25) is 0 Å². The number of aromatic nitrogens is 1. The van der Waals surface area contributed by atoms with Crippen LogP contribution < -0.4 is 9.80 Å². The molecule has 1 aromatic heterocycles. The van der Waals surface area contributed by atoms with Crippen LogP contribution in [0.15, 0.2) is 18.3 Å². The van der Waals surface area contributed by atoms with Gasteiger partial charge in [-0.2, -0.15) is 7.05 Å². The second-order valence-corrected chi connectivity index (χ2v) is 3.61. The monoisotopic (exact) mass is 193 g/mol. The van der Waals surface area contributed by atoms with Crippen molar-refractivity contribution in [3.05, 3.63) is 25.4 Å². The van der Waals surface area contributed by atoms with Crippen LogP contribution in [0.3, 0.4) is 0 Å². The first-order chi connectivity index (χ1) is 6.75. The first-order valence-electron chi connectivity index (χ1n) is 4.82. The average Bonchev–Trinajstić information content (AvgIpc) is 2.21. The molecule has 1 saturated heterocycles. The van der Waals surface area contributed by atoms with E-state index < -0.39 is 0 Å². The van der Waals surface area contributed by atoms with Gasteiger partial charge in [0.05, 0.1) is 32.4 Å². The number of nitrogens with one attached hydrogen (secondary N) is 1. The lowest BCUT2D eigenvalue weighted by Crippen LogP contribution is -3.10. The number of aromatic hydroxyl groups is 1. The van der Waals surface area contributed by atoms with Gasteiger partial charge >= 0.3 is 0 Å². The molecule has 0 atom stereocenters. The minimum absolute atomic E-state index is 0.218. The summed E-state index contributed by atoms with van der Waals surface area (Å²) >= 11 is 0. The van der Waals surface area contributed by atoms with Gasteiger partial charge in [-0.05, 0) is 12.1 Å². The van der Waals surface area contributed by atoms with Crippen molar-refractivity contribution in [1.29, 1.82) is 0 Å². The minimum atomic E-state index is 0.218. The van der Waals surface area contributed by atoms with Crippen LogP contribution >= 0.6 is 0 Å². The molecule has 0 aliphatic carbocycles. The largest absolute Gasteiger partial charge is 0.506 e. The molecule has 0 saturated carbocycles. The van der Waals surface area contributed by atoms with E-state index in [1.54, 1.807) is 6.07 Å². The van der Waals surface area contributed by atoms with Gasteiger partial charge in [0.25, 0.3) is 0 Å². The zero-order valence-corrected chi connectivity index (χ0v) is 8.11. The molecule has 1 fully saturated rings. The molecule has 0 spiro atoms. The zero-order valence-electron chi connectivity index (χ0n) is 8.11. The van der Waals surface area contributed by atoms with Gasteiger partial charge in [-0.25, -0.2) is 4.98 Å². The number of quaternary nitrogens is 1. The summed E-state index contributed by atoms with van der Waals surface area (Å²) in [6.07, 6.45) is 1.48. The minimum Gasteiger partial charge on any atom is -0.506 e. The topological polar surface area (TPSA) is 40.8 Å². The number of piperazine rings is 1. The molecular formula is C10H15N3O. The highest BCUT2D eigenvalue weighted by Crippen LogP contribution is 2.13. The Kier molecular flexibility index (Phi) is 2.54. The smallest absolute Gasteiger partial charge is 0.134 e. The van der Waals surface area contributed by atoms with Crippen LogP contribution in [0.4, 0.5) is 5.82 Å². The molecular weight excluding hydrogens is 178 g/mol. The molecule has 0 radical (unpaired) electrons. The Balaban J connectivity index is 2.05. The van der Waals surface area contributed by atoms with Crippen molar-refractivity contribution in [2.24, 2.45) is 0 Å². The van der Waals surface area contributed by atoms with Crippen LogP contribution in [0.1, 0.15) is 0 Å². The Labute approximate surface area is 83.8 Å². The molecule has 2 rings (SSSR count). The molecule has 0 unspecified atom stereocenters. The molecule has 0 aromatic carbocycles. The lowest BCUT2D eigenvalue weighted by atomic mass is 10.3. The Hall–Kier alpha value is -1.29. The first kappa shape index (κ1) is 9.27. The molecule has 1 aliphatic heterocycles. The summed E-state index contributed by atoms with van der Waals surface area (Å²) in [5.74, 6) is 1.16. The summed E-state index contributed by atoms with van der Waals surface area (Å²) in [5, 5.41) is 9.10. The standard InChI is InChI=1S/C10H15N3O/c1-12-4-6-13(7-5-12)10-3-2-9(14)8-11-10/h2-3,8,12,14H,1,4-7H2. The fourth-order valence-corrected chi connectivity index (χ4v) is 1.62. The van der Waals surface area contributed by atoms with E-state index >= 15 is 0 Å². The molecule has 0 amide bonds. The quantitative estimate of drug-likeness (QED) is 0.579. The maximum Gasteiger partial charge on any atom is 0.134 e. The summed E-state index contributed by atoms with van der Waals surface area (Å²) in [4.78, 5) is 7.71. The predicted molar refractivity (Wildman–Crippen MR) is 54.2 cm³/mol.